The number of carbonyl (C=O) groups is 1. The molecule has 0 radical (unpaired) electrons. The summed E-state index contributed by atoms with van der Waals surface area (Å²) >= 11 is 1.46. The quantitative estimate of drug-likeness (QED) is 0.875. The lowest BCUT2D eigenvalue weighted by molar-refractivity contribution is -0.116. The number of amides is 1. The summed E-state index contributed by atoms with van der Waals surface area (Å²) in [5.41, 5.74) is 1.85. The number of nitrogens with one attached hydrogen (secondary N) is 2. The van der Waals surface area contributed by atoms with Gasteiger partial charge in [-0.3, -0.25) is 4.79 Å². The fraction of sp³-hybridized carbons (Fsp3) is 0.529. The number of anilines is 1. The number of aryl methyl sites for hydroxylation is 2. The lowest BCUT2D eigenvalue weighted by atomic mass is 9.93. The van der Waals surface area contributed by atoms with Crippen molar-refractivity contribution in [1.29, 1.82) is 0 Å². The summed E-state index contributed by atoms with van der Waals surface area (Å²) in [6, 6.07) is 1.98. The number of rotatable bonds is 5. The fourth-order valence-electron chi connectivity index (χ4n) is 3.03. The van der Waals surface area contributed by atoms with E-state index in [0.29, 0.717) is 17.5 Å². The van der Waals surface area contributed by atoms with E-state index >= 15 is 0 Å². The lowest BCUT2D eigenvalue weighted by Gasteiger charge is -2.21. The van der Waals surface area contributed by atoms with E-state index < -0.39 is 0 Å². The first-order chi connectivity index (χ1) is 11.1. The summed E-state index contributed by atoms with van der Waals surface area (Å²) in [5.74, 6) is 2.46. The zero-order valence-corrected chi connectivity index (χ0v) is 14.5. The first-order valence-electron chi connectivity index (χ1n) is 8.15. The lowest BCUT2D eigenvalue weighted by Crippen LogP contribution is -2.28. The van der Waals surface area contributed by atoms with Gasteiger partial charge >= 0.3 is 0 Å². The van der Waals surface area contributed by atoms with Crippen molar-refractivity contribution in [2.45, 2.75) is 39.5 Å². The van der Waals surface area contributed by atoms with Crippen LogP contribution in [0.25, 0.3) is 11.3 Å². The molecule has 5 nitrogen and oxygen atoms in total. The van der Waals surface area contributed by atoms with Crippen LogP contribution in [0.5, 0.6) is 0 Å². The number of aromatic nitrogens is 1. The predicted molar refractivity (Wildman–Crippen MR) is 92.7 cm³/mol. The van der Waals surface area contributed by atoms with Crippen LogP contribution in [-0.2, 0) is 4.79 Å². The second-order valence-corrected chi connectivity index (χ2v) is 7.00. The largest absolute Gasteiger partial charge is 0.466 e. The smallest absolute Gasteiger partial charge is 0.226 e. The van der Waals surface area contributed by atoms with Crippen LogP contribution in [0.2, 0.25) is 0 Å². The maximum atomic E-state index is 12.1. The van der Waals surface area contributed by atoms with Gasteiger partial charge in [0, 0.05) is 17.4 Å². The van der Waals surface area contributed by atoms with E-state index in [-0.39, 0.29) is 5.91 Å². The topological polar surface area (TPSA) is 67.2 Å². The number of thiazole rings is 1. The predicted octanol–water partition coefficient (Wildman–Crippen LogP) is 3.74. The molecule has 0 aromatic carbocycles. The third-order valence-corrected chi connectivity index (χ3v) is 5.06. The number of hydrogen-bond acceptors (Lipinski definition) is 5. The molecule has 1 aliphatic heterocycles. The van der Waals surface area contributed by atoms with Crippen molar-refractivity contribution < 1.29 is 9.21 Å². The number of piperidine rings is 1. The number of nitrogens with zero attached hydrogens (tertiary/aromatic N) is 1. The van der Waals surface area contributed by atoms with Gasteiger partial charge in [-0.05, 0) is 58.2 Å². The normalized spacial score (nSPS) is 15.7. The third-order valence-electron chi connectivity index (χ3n) is 4.31. The molecule has 3 heterocycles. The van der Waals surface area contributed by atoms with Crippen LogP contribution in [0.3, 0.4) is 0 Å². The first-order valence-corrected chi connectivity index (χ1v) is 9.03. The van der Waals surface area contributed by atoms with Crippen LogP contribution in [0, 0.1) is 19.8 Å². The van der Waals surface area contributed by atoms with Crippen molar-refractivity contribution in [1.82, 2.24) is 10.3 Å². The summed E-state index contributed by atoms with van der Waals surface area (Å²) in [5, 5.41) is 8.89. The van der Waals surface area contributed by atoms with Crippen LogP contribution >= 0.6 is 11.3 Å². The van der Waals surface area contributed by atoms with Gasteiger partial charge in [0.1, 0.15) is 11.5 Å². The van der Waals surface area contributed by atoms with Crippen LogP contribution in [0.1, 0.15) is 37.2 Å². The van der Waals surface area contributed by atoms with Crippen molar-refractivity contribution in [2.24, 2.45) is 5.92 Å². The number of hydrogen-bond donors (Lipinski definition) is 2. The summed E-state index contributed by atoms with van der Waals surface area (Å²) in [4.78, 5) is 16.6. The Kier molecular flexibility index (Phi) is 5.13. The van der Waals surface area contributed by atoms with Gasteiger partial charge in [0.25, 0.3) is 0 Å². The molecule has 0 atom stereocenters. The van der Waals surface area contributed by atoms with Gasteiger partial charge in [-0.15, -0.1) is 11.3 Å². The molecule has 0 saturated carbocycles. The minimum atomic E-state index is 0.0597. The van der Waals surface area contributed by atoms with Gasteiger partial charge in [0.05, 0.1) is 5.69 Å². The Morgan fingerprint density at radius 2 is 2.22 bits per heavy atom. The Hall–Kier alpha value is -1.66. The molecule has 0 aliphatic carbocycles. The summed E-state index contributed by atoms with van der Waals surface area (Å²) < 4.78 is 5.54. The van der Waals surface area contributed by atoms with Gasteiger partial charge in [0.15, 0.2) is 5.13 Å². The van der Waals surface area contributed by atoms with Gasteiger partial charge in [-0.2, -0.15) is 0 Å². The van der Waals surface area contributed by atoms with E-state index in [1.807, 2.05) is 25.3 Å². The Morgan fingerprint density at radius 3 is 2.91 bits per heavy atom. The van der Waals surface area contributed by atoms with Crippen molar-refractivity contribution in [2.75, 3.05) is 18.4 Å². The average molecular weight is 333 g/mol. The second kappa shape index (κ2) is 7.27. The Balaban J connectivity index is 1.54. The van der Waals surface area contributed by atoms with Gasteiger partial charge in [-0.1, -0.05) is 0 Å². The van der Waals surface area contributed by atoms with Crippen molar-refractivity contribution in [3.63, 3.8) is 0 Å². The molecule has 1 amide bonds. The molecule has 124 valence electrons. The summed E-state index contributed by atoms with van der Waals surface area (Å²) in [6.07, 6.45) is 3.89. The molecular weight excluding hydrogens is 310 g/mol. The second-order valence-electron chi connectivity index (χ2n) is 6.15. The van der Waals surface area contributed by atoms with Gasteiger partial charge < -0.3 is 15.1 Å². The zero-order chi connectivity index (χ0) is 16.2. The highest BCUT2D eigenvalue weighted by Crippen LogP contribution is 2.29. The van der Waals surface area contributed by atoms with Crippen molar-refractivity contribution in [3.8, 4) is 11.3 Å². The van der Waals surface area contributed by atoms with E-state index in [4.69, 9.17) is 4.42 Å². The number of carbonyl (C=O) groups excluding carboxylic acids is 1. The molecule has 0 bridgehead atoms. The van der Waals surface area contributed by atoms with Gasteiger partial charge in [-0.25, -0.2) is 4.98 Å². The van der Waals surface area contributed by atoms with Gasteiger partial charge in [0.2, 0.25) is 5.91 Å². The van der Waals surface area contributed by atoms with E-state index in [9.17, 15) is 4.79 Å². The fourth-order valence-corrected chi connectivity index (χ4v) is 3.75. The molecule has 3 rings (SSSR count). The molecule has 1 aliphatic rings. The van der Waals surface area contributed by atoms with Crippen molar-refractivity contribution >= 4 is 22.4 Å². The minimum Gasteiger partial charge on any atom is -0.466 e. The van der Waals surface area contributed by atoms with E-state index in [2.05, 4.69) is 15.6 Å². The zero-order valence-electron chi connectivity index (χ0n) is 13.6. The van der Waals surface area contributed by atoms with E-state index in [1.54, 1.807) is 0 Å². The molecule has 1 saturated heterocycles. The molecule has 1 fully saturated rings. The molecule has 0 unspecified atom stereocenters. The molecule has 0 spiro atoms. The molecular formula is C17H23N3O2S. The third kappa shape index (κ3) is 4.20. The maximum absolute atomic E-state index is 12.1. The monoisotopic (exact) mass is 333 g/mol. The van der Waals surface area contributed by atoms with Crippen LogP contribution in [0.4, 0.5) is 5.13 Å². The summed E-state index contributed by atoms with van der Waals surface area (Å²) in [7, 11) is 0. The first kappa shape index (κ1) is 16.2. The highest BCUT2D eigenvalue weighted by Gasteiger charge is 2.16. The Bertz CT molecular complexity index is 671. The molecule has 23 heavy (non-hydrogen) atoms. The van der Waals surface area contributed by atoms with Crippen LogP contribution < -0.4 is 10.6 Å². The summed E-state index contributed by atoms with van der Waals surface area (Å²) in [6.45, 7) is 6.00. The molecule has 2 aromatic heterocycles. The van der Waals surface area contributed by atoms with E-state index in [1.165, 1.54) is 24.2 Å². The van der Waals surface area contributed by atoms with Crippen molar-refractivity contribution in [3.05, 3.63) is 23.0 Å². The minimum absolute atomic E-state index is 0.0597. The Morgan fingerprint density at radius 1 is 1.43 bits per heavy atom. The van der Waals surface area contributed by atoms with Crippen LogP contribution in [0.15, 0.2) is 15.9 Å². The highest BCUT2D eigenvalue weighted by atomic mass is 32.1. The standard InChI is InChI=1S/C17H23N3O2S/c1-11-9-14(12(2)22-11)15-10-23-17(19-15)20-16(21)4-3-13-5-7-18-8-6-13/h9-10,13,18H,3-8H2,1-2H3,(H,19,20,21). The van der Waals surface area contributed by atoms with Crippen LogP contribution in [-0.4, -0.2) is 24.0 Å². The SMILES string of the molecule is Cc1cc(-c2csc(NC(=O)CCC3CCNCC3)n2)c(C)o1. The maximum Gasteiger partial charge on any atom is 0.226 e. The highest BCUT2D eigenvalue weighted by molar-refractivity contribution is 7.14. The number of furan rings is 1. The molecule has 2 N–H and O–H groups in total. The molecule has 2 aromatic rings. The Labute approximate surface area is 140 Å². The van der Waals surface area contributed by atoms with E-state index in [0.717, 1.165) is 42.3 Å². The molecule has 6 heteroatoms. The average Bonchev–Trinajstić information content (AvgIpc) is 3.12.